The van der Waals surface area contributed by atoms with Crippen molar-refractivity contribution >= 4 is 10.9 Å². The van der Waals surface area contributed by atoms with E-state index in [1.54, 1.807) is 0 Å². The summed E-state index contributed by atoms with van der Waals surface area (Å²) < 4.78 is 2.42. The van der Waals surface area contributed by atoms with E-state index in [1.165, 1.54) is 33.3 Å². The topological polar surface area (TPSA) is 30.9 Å². The van der Waals surface area contributed by atoms with Gasteiger partial charge in [-0.1, -0.05) is 56.3 Å². The van der Waals surface area contributed by atoms with Crippen LogP contribution in [-0.4, -0.2) is 11.1 Å². The molecule has 132 valence electrons. The van der Waals surface area contributed by atoms with Crippen molar-refractivity contribution in [2.45, 2.75) is 52.5 Å². The highest BCUT2D eigenvalue weighted by Gasteiger charge is 2.18. The zero-order valence-corrected chi connectivity index (χ0v) is 15.9. The van der Waals surface area contributed by atoms with Crippen LogP contribution in [0.15, 0.2) is 48.5 Å². The van der Waals surface area contributed by atoms with Gasteiger partial charge in [0.05, 0.1) is 0 Å². The minimum atomic E-state index is 0.357. The summed E-state index contributed by atoms with van der Waals surface area (Å²) in [6.07, 6.45) is 0.997. The SMILES string of the molecule is CCn1c(C)c(CC(CN)c2ccc(C(C)C)cc2)c2ccccc21. The molecule has 0 radical (unpaired) electrons. The molecular formula is C23H30N2. The van der Waals surface area contributed by atoms with Gasteiger partial charge >= 0.3 is 0 Å². The van der Waals surface area contributed by atoms with Crippen molar-refractivity contribution in [3.63, 3.8) is 0 Å². The highest BCUT2D eigenvalue weighted by Crippen LogP contribution is 2.31. The third kappa shape index (κ3) is 3.36. The number of benzene rings is 2. The monoisotopic (exact) mass is 334 g/mol. The van der Waals surface area contributed by atoms with Gasteiger partial charge in [0, 0.05) is 29.1 Å². The van der Waals surface area contributed by atoms with E-state index in [9.17, 15) is 0 Å². The highest BCUT2D eigenvalue weighted by molar-refractivity contribution is 5.85. The van der Waals surface area contributed by atoms with Crippen LogP contribution >= 0.6 is 0 Å². The Bertz CT molecular complexity index is 840. The number of nitrogens with zero attached hydrogens (tertiary/aromatic N) is 1. The van der Waals surface area contributed by atoms with Gasteiger partial charge in [-0.3, -0.25) is 0 Å². The molecule has 1 aromatic heterocycles. The first-order valence-corrected chi connectivity index (χ1v) is 9.43. The fraction of sp³-hybridized carbons (Fsp3) is 0.391. The minimum absolute atomic E-state index is 0.357. The van der Waals surface area contributed by atoms with E-state index in [0.717, 1.165) is 13.0 Å². The van der Waals surface area contributed by atoms with Gasteiger partial charge in [-0.15, -0.1) is 0 Å². The number of aryl methyl sites for hydroxylation is 1. The molecule has 1 heterocycles. The second kappa shape index (κ2) is 7.45. The van der Waals surface area contributed by atoms with Crippen LogP contribution in [0.3, 0.4) is 0 Å². The molecule has 0 saturated heterocycles. The average Bonchev–Trinajstić information content (AvgIpc) is 2.90. The van der Waals surface area contributed by atoms with E-state index < -0.39 is 0 Å². The lowest BCUT2D eigenvalue weighted by Gasteiger charge is -2.17. The van der Waals surface area contributed by atoms with E-state index in [4.69, 9.17) is 5.73 Å². The van der Waals surface area contributed by atoms with Crippen LogP contribution in [0.5, 0.6) is 0 Å². The predicted octanol–water partition coefficient (Wildman–Crippen LogP) is 5.38. The molecular weight excluding hydrogens is 304 g/mol. The molecule has 0 aliphatic rings. The Morgan fingerprint density at radius 1 is 0.960 bits per heavy atom. The fourth-order valence-corrected chi connectivity index (χ4v) is 3.90. The van der Waals surface area contributed by atoms with Crippen molar-refractivity contribution in [3.8, 4) is 0 Å². The van der Waals surface area contributed by atoms with Crippen LogP contribution in [0.4, 0.5) is 0 Å². The third-order valence-electron chi connectivity index (χ3n) is 5.49. The molecule has 3 rings (SSSR count). The predicted molar refractivity (Wildman–Crippen MR) is 108 cm³/mol. The van der Waals surface area contributed by atoms with E-state index in [0.29, 0.717) is 18.4 Å². The van der Waals surface area contributed by atoms with Crippen molar-refractivity contribution in [1.82, 2.24) is 4.57 Å². The van der Waals surface area contributed by atoms with Crippen LogP contribution in [0.1, 0.15) is 55.0 Å². The Morgan fingerprint density at radius 3 is 2.20 bits per heavy atom. The summed E-state index contributed by atoms with van der Waals surface area (Å²) in [6.45, 7) is 10.6. The number of nitrogens with two attached hydrogens (primary N) is 1. The van der Waals surface area contributed by atoms with Crippen molar-refractivity contribution < 1.29 is 0 Å². The van der Waals surface area contributed by atoms with Crippen LogP contribution in [0.25, 0.3) is 10.9 Å². The number of rotatable bonds is 6. The van der Waals surface area contributed by atoms with Crippen LogP contribution in [0, 0.1) is 6.92 Å². The quantitative estimate of drug-likeness (QED) is 0.645. The van der Waals surface area contributed by atoms with Gasteiger partial charge in [-0.2, -0.15) is 0 Å². The molecule has 0 amide bonds. The summed E-state index contributed by atoms with van der Waals surface area (Å²) in [7, 11) is 0. The van der Waals surface area contributed by atoms with Gasteiger partial charge in [0.2, 0.25) is 0 Å². The smallest absolute Gasteiger partial charge is 0.0485 e. The molecule has 0 aliphatic heterocycles. The Balaban J connectivity index is 1.97. The van der Waals surface area contributed by atoms with Crippen LogP contribution in [-0.2, 0) is 13.0 Å². The fourth-order valence-electron chi connectivity index (χ4n) is 3.90. The highest BCUT2D eigenvalue weighted by atomic mass is 15.0. The first-order valence-electron chi connectivity index (χ1n) is 9.43. The van der Waals surface area contributed by atoms with Gasteiger partial charge in [-0.05, 0) is 55.5 Å². The maximum absolute atomic E-state index is 6.18. The van der Waals surface area contributed by atoms with Crippen molar-refractivity contribution in [2.75, 3.05) is 6.54 Å². The molecule has 2 heteroatoms. The van der Waals surface area contributed by atoms with E-state index >= 15 is 0 Å². The molecule has 1 atom stereocenters. The first-order chi connectivity index (χ1) is 12.1. The lowest BCUT2D eigenvalue weighted by Crippen LogP contribution is -2.15. The molecule has 2 nitrogen and oxygen atoms in total. The first kappa shape index (κ1) is 17.8. The summed E-state index contributed by atoms with van der Waals surface area (Å²) in [6, 6.07) is 17.8. The second-order valence-electron chi connectivity index (χ2n) is 7.28. The Hall–Kier alpha value is -2.06. The number of hydrogen-bond acceptors (Lipinski definition) is 1. The molecule has 0 bridgehead atoms. The molecule has 25 heavy (non-hydrogen) atoms. The van der Waals surface area contributed by atoms with Crippen molar-refractivity contribution in [2.24, 2.45) is 5.73 Å². The second-order valence-corrected chi connectivity index (χ2v) is 7.28. The maximum atomic E-state index is 6.18. The molecule has 0 aliphatic carbocycles. The van der Waals surface area contributed by atoms with Gasteiger partial charge in [0.15, 0.2) is 0 Å². The van der Waals surface area contributed by atoms with E-state index in [2.05, 4.69) is 80.8 Å². The zero-order valence-electron chi connectivity index (χ0n) is 15.9. The number of hydrogen-bond donors (Lipinski definition) is 1. The molecule has 3 aromatic rings. The molecule has 0 saturated carbocycles. The number of fused-ring (bicyclic) bond motifs is 1. The Kier molecular flexibility index (Phi) is 5.29. The maximum Gasteiger partial charge on any atom is 0.0485 e. The Labute approximate surface area is 151 Å². The standard InChI is InChI=1S/C23H30N2/c1-5-25-17(4)22(21-8-6-7-9-23(21)25)14-20(15-24)19-12-10-18(11-13-19)16(2)3/h6-13,16,20H,5,14-15,24H2,1-4H3. The van der Waals surface area contributed by atoms with Crippen LogP contribution in [0.2, 0.25) is 0 Å². The van der Waals surface area contributed by atoms with Gasteiger partial charge in [0.1, 0.15) is 0 Å². The summed E-state index contributed by atoms with van der Waals surface area (Å²) in [5.74, 6) is 0.922. The van der Waals surface area contributed by atoms with Crippen molar-refractivity contribution in [1.29, 1.82) is 0 Å². The largest absolute Gasteiger partial charge is 0.345 e. The minimum Gasteiger partial charge on any atom is -0.345 e. The summed E-state index contributed by atoms with van der Waals surface area (Å²) in [5.41, 5.74) is 13.1. The lowest BCUT2D eigenvalue weighted by atomic mass is 9.89. The zero-order chi connectivity index (χ0) is 18.0. The third-order valence-corrected chi connectivity index (χ3v) is 5.49. The van der Waals surface area contributed by atoms with Gasteiger partial charge in [-0.25, -0.2) is 0 Å². The van der Waals surface area contributed by atoms with E-state index in [-0.39, 0.29) is 0 Å². The van der Waals surface area contributed by atoms with Gasteiger partial charge < -0.3 is 10.3 Å². The van der Waals surface area contributed by atoms with Gasteiger partial charge in [0.25, 0.3) is 0 Å². The number of para-hydroxylation sites is 1. The molecule has 2 aromatic carbocycles. The average molecular weight is 335 g/mol. The lowest BCUT2D eigenvalue weighted by molar-refractivity contribution is 0.684. The van der Waals surface area contributed by atoms with Crippen molar-refractivity contribution in [3.05, 3.63) is 70.9 Å². The normalized spacial score (nSPS) is 12.9. The molecule has 0 spiro atoms. The number of aromatic nitrogens is 1. The molecule has 0 fully saturated rings. The molecule has 1 unspecified atom stereocenters. The van der Waals surface area contributed by atoms with Crippen LogP contribution < -0.4 is 5.73 Å². The Morgan fingerprint density at radius 2 is 1.60 bits per heavy atom. The van der Waals surface area contributed by atoms with E-state index in [1.807, 2.05) is 0 Å². The molecule has 2 N–H and O–H groups in total. The summed E-state index contributed by atoms with van der Waals surface area (Å²) in [5, 5.41) is 1.37. The summed E-state index contributed by atoms with van der Waals surface area (Å²) >= 11 is 0. The summed E-state index contributed by atoms with van der Waals surface area (Å²) in [4.78, 5) is 0.